The van der Waals surface area contributed by atoms with Crippen LogP contribution in [0.15, 0.2) is 43.0 Å². The summed E-state index contributed by atoms with van der Waals surface area (Å²) in [6, 6.07) is 9.57. The van der Waals surface area contributed by atoms with Crippen molar-refractivity contribution in [3.8, 4) is 0 Å². The van der Waals surface area contributed by atoms with Crippen molar-refractivity contribution in [1.29, 1.82) is 0 Å². The van der Waals surface area contributed by atoms with Gasteiger partial charge in [0.05, 0.1) is 0 Å². The second-order valence-electron chi connectivity index (χ2n) is 6.19. The van der Waals surface area contributed by atoms with Crippen molar-refractivity contribution < 1.29 is 4.79 Å². The van der Waals surface area contributed by atoms with Gasteiger partial charge in [-0.1, -0.05) is 30.3 Å². The summed E-state index contributed by atoms with van der Waals surface area (Å²) in [6.45, 7) is 2.42. The van der Waals surface area contributed by atoms with Crippen LogP contribution in [0.25, 0.3) is 0 Å². The summed E-state index contributed by atoms with van der Waals surface area (Å²) in [7, 11) is 0. The fourth-order valence-corrected chi connectivity index (χ4v) is 3.17. The summed E-state index contributed by atoms with van der Waals surface area (Å²) in [6.07, 6.45) is 5.79. The molecule has 1 amide bonds. The Balaban J connectivity index is 1.54. The van der Waals surface area contributed by atoms with Crippen LogP contribution in [0.2, 0.25) is 0 Å². The van der Waals surface area contributed by atoms with E-state index >= 15 is 0 Å². The van der Waals surface area contributed by atoms with Crippen molar-refractivity contribution in [1.82, 2.24) is 19.7 Å². The van der Waals surface area contributed by atoms with E-state index in [0.29, 0.717) is 12.3 Å². The number of hydrogen-bond donors (Lipinski definition) is 1. The Morgan fingerprint density at radius 1 is 1.35 bits per heavy atom. The first-order valence-electron chi connectivity index (χ1n) is 8.13. The van der Waals surface area contributed by atoms with E-state index < -0.39 is 0 Å². The lowest BCUT2D eigenvalue weighted by Crippen LogP contribution is -2.42. The molecule has 1 aliphatic heterocycles. The third-order valence-electron chi connectivity index (χ3n) is 4.41. The van der Waals surface area contributed by atoms with Crippen molar-refractivity contribution in [3.05, 3.63) is 48.5 Å². The monoisotopic (exact) mass is 313 g/mol. The summed E-state index contributed by atoms with van der Waals surface area (Å²) in [5, 5.41) is 4.15. The Morgan fingerprint density at radius 2 is 2.17 bits per heavy atom. The first kappa shape index (κ1) is 15.7. The second kappa shape index (κ2) is 7.37. The summed E-state index contributed by atoms with van der Waals surface area (Å²) in [4.78, 5) is 18.5. The molecule has 122 valence electrons. The Hall–Kier alpha value is -2.21. The van der Waals surface area contributed by atoms with Crippen LogP contribution >= 0.6 is 0 Å². The molecule has 0 saturated carbocycles. The molecule has 1 aromatic carbocycles. The average molecular weight is 313 g/mol. The molecule has 1 aromatic heterocycles. The Kier molecular flexibility index (Phi) is 5.02. The van der Waals surface area contributed by atoms with Crippen LogP contribution in [0.5, 0.6) is 0 Å². The molecule has 2 atom stereocenters. The summed E-state index contributed by atoms with van der Waals surface area (Å²) >= 11 is 0. The van der Waals surface area contributed by atoms with Crippen LogP contribution in [-0.4, -0.2) is 38.7 Å². The van der Waals surface area contributed by atoms with Gasteiger partial charge in [-0.05, 0) is 24.3 Å². The molecule has 2 heterocycles. The van der Waals surface area contributed by atoms with Gasteiger partial charge in [0.1, 0.15) is 12.7 Å². The van der Waals surface area contributed by atoms with E-state index in [1.165, 1.54) is 0 Å². The Labute approximate surface area is 136 Å². The molecule has 2 N–H and O–H groups in total. The van der Waals surface area contributed by atoms with E-state index in [-0.39, 0.29) is 11.9 Å². The minimum Gasteiger partial charge on any atom is -0.342 e. The predicted molar refractivity (Wildman–Crippen MR) is 87.3 cm³/mol. The van der Waals surface area contributed by atoms with Gasteiger partial charge in [0.2, 0.25) is 5.91 Å². The lowest BCUT2D eigenvalue weighted by Gasteiger charge is -2.33. The van der Waals surface area contributed by atoms with E-state index in [1.54, 1.807) is 12.7 Å². The molecule has 3 rings (SSSR count). The van der Waals surface area contributed by atoms with Gasteiger partial charge in [-0.15, -0.1) is 0 Å². The molecule has 1 saturated heterocycles. The molecule has 0 bridgehead atoms. The van der Waals surface area contributed by atoms with Crippen LogP contribution in [0.1, 0.15) is 30.9 Å². The van der Waals surface area contributed by atoms with E-state index in [2.05, 4.69) is 10.1 Å². The molecule has 0 radical (unpaired) electrons. The number of carbonyl (C=O) groups excluding carboxylic acids is 1. The molecule has 23 heavy (non-hydrogen) atoms. The highest BCUT2D eigenvalue weighted by atomic mass is 16.2. The quantitative estimate of drug-likeness (QED) is 0.909. The van der Waals surface area contributed by atoms with E-state index in [9.17, 15) is 4.79 Å². The molecule has 0 aliphatic carbocycles. The standard InChI is InChI=1S/C17H23N5O/c18-16(15-6-2-1-3-7-15)9-17(23)21-8-4-5-14(10-21)11-22-13-19-12-20-22/h1-3,6-7,12-14,16H,4-5,8-11,18H2. The van der Waals surface area contributed by atoms with Gasteiger partial charge in [0, 0.05) is 32.1 Å². The minimum atomic E-state index is -0.237. The van der Waals surface area contributed by atoms with Gasteiger partial charge in [-0.3, -0.25) is 9.48 Å². The van der Waals surface area contributed by atoms with E-state index in [1.807, 2.05) is 39.9 Å². The van der Waals surface area contributed by atoms with Crippen molar-refractivity contribution in [2.45, 2.75) is 31.8 Å². The van der Waals surface area contributed by atoms with Crippen molar-refractivity contribution >= 4 is 5.91 Å². The molecule has 6 heteroatoms. The Morgan fingerprint density at radius 3 is 2.91 bits per heavy atom. The zero-order valence-corrected chi connectivity index (χ0v) is 13.2. The smallest absolute Gasteiger partial charge is 0.224 e. The zero-order chi connectivity index (χ0) is 16.1. The van der Waals surface area contributed by atoms with Gasteiger partial charge in [0.15, 0.2) is 0 Å². The van der Waals surface area contributed by atoms with Crippen LogP contribution in [0.3, 0.4) is 0 Å². The predicted octanol–water partition coefficient (Wildman–Crippen LogP) is 1.61. The molecule has 0 spiro atoms. The van der Waals surface area contributed by atoms with Gasteiger partial charge >= 0.3 is 0 Å². The topological polar surface area (TPSA) is 77.0 Å². The highest BCUT2D eigenvalue weighted by Crippen LogP contribution is 2.21. The van der Waals surface area contributed by atoms with Crippen LogP contribution in [-0.2, 0) is 11.3 Å². The molecular weight excluding hydrogens is 290 g/mol. The van der Waals surface area contributed by atoms with Crippen molar-refractivity contribution in [3.63, 3.8) is 0 Å². The normalized spacial score (nSPS) is 19.5. The lowest BCUT2D eigenvalue weighted by atomic mass is 9.97. The van der Waals surface area contributed by atoms with Gasteiger partial charge < -0.3 is 10.6 Å². The first-order chi connectivity index (χ1) is 11.2. The SMILES string of the molecule is NC(CC(=O)N1CCCC(Cn2cncn2)C1)c1ccccc1. The van der Waals surface area contributed by atoms with E-state index in [4.69, 9.17) is 5.73 Å². The minimum absolute atomic E-state index is 0.143. The van der Waals surface area contributed by atoms with Crippen molar-refractivity contribution in [2.75, 3.05) is 13.1 Å². The summed E-state index contributed by atoms with van der Waals surface area (Å²) in [5.74, 6) is 0.576. The largest absolute Gasteiger partial charge is 0.342 e. The van der Waals surface area contributed by atoms with Crippen molar-refractivity contribution in [2.24, 2.45) is 11.7 Å². The number of hydrogen-bond acceptors (Lipinski definition) is 4. The molecule has 1 fully saturated rings. The van der Waals surface area contributed by atoms with E-state index in [0.717, 1.165) is 38.0 Å². The van der Waals surface area contributed by atoms with Crippen LogP contribution < -0.4 is 5.73 Å². The number of amides is 1. The lowest BCUT2D eigenvalue weighted by molar-refractivity contribution is -0.133. The highest BCUT2D eigenvalue weighted by molar-refractivity contribution is 5.77. The number of carbonyl (C=O) groups is 1. The third-order valence-corrected chi connectivity index (χ3v) is 4.41. The van der Waals surface area contributed by atoms with Crippen LogP contribution in [0.4, 0.5) is 0 Å². The third kappa shape index (κ3) is 4.16. The number of rotatable bonds is 5. The molecule has 2 unspecified atom stereocenters. The fourth-order valence-electron chi connectivity index (χ4n) is 3.17. The average Bonchev–Trinajstić information content (AvgIpc) is 3.09. The maximum atomic E-state index is 12.5. The number of likely N-dealkylation sites (tertiary alicyclic amines) is 1. The first-order valence-corrected chi connectivity index (χ1v) is 8.13. The highest BCUT2D eigenvalue weighted by Gasteiger charge is 2.25. The Bertz CT molecular complexity index is 613. The maximum absolute atomic E-state index is 12.5. The number of piperidine rings is 1. The number of nitrogens with two attached hydrogens (primary N) is 1. The molecule has 2 aromatic rings. The van der Waals surface area contributed by atoms with Crippen LogP contribution in [0, 0.1) is 5.92 Å². The second-order valence-corrected chi connectivity index (χ2v) is 6.19. The number of nitrogens with zero attached hydrogens (tertiary/aromatic N) is 4. The fraction of sp³-hybridized carbons (Fsp3) is 0.471. The van der Waals surface area contributed by atoms with Gasteiger partial charge in [0.25, 0.3) is 0 Å². The number of benzene rings is 1. The summed E-state index contributed by atoms with van der Waals surface area (Å²) < 4.78 is 1.84. The van der Waals surface area contributed by atoms with Gasteiger partial charge in [-0.25, -0.2) is 4.98 Å². The molecule has 1 aliphatic rings. The van der Waals surface area contributed by atoms with Gasteiger partial charge in [-0.2, -0.15) is 5.10 Å². The number of aromatic nitrogens is 3. The molecule has 6 nitrogen and oxygen atoms in total. The maximum Gasteiger partial charge on any atom is 0.224 e. The molecular formula is C17H23N5O. The summed E-state index contributed by atoms with van der Waals surface area (Å²) in [5.41, 5.74) is 7.19. The zero-order valence-electron chi connectivity index (χ0n) is 13.2.